The molecule has 2 aromatic heterocycles. The maximum Gasteiger partial charge on any atom is 0.173 e. The van der Waals surface area contributed by atoms with Crippen LogP contribution in [0.15, 0.2) is 37.7 Å². The van der Waals surface area contributed by atoms with E-state index in [0.29, 0.717) is 0 Å². The lowest BCUT2D eigenvalue weighted by Gasteiger charge is -1.89. The maximum atomic E-state index is 4.52. The topological polar surface area (TPSA) is 41.6 Å². The van der Waals surface area contributed by atoms with Crippen LogP contribution >= 0.6 is 39.0 Å². The molecule has 0 atom stereocenters. The molecule has 0 spiro atoms. The van der Waals surface area contributed by atoms with Gasteiger partial charge in [0.2, 0.25) is 0 Å². The first-order chi connectivity index (χ1) is 8.20. The van der Waals surface area contributed by atoms with Gasteiger partial charge in [-0.15, -0.1) is 11.3 Å². The molecule has 2 heterocycles. The van der Waals surface area contributed by atoms with Crippen molar-refractivity contribution in [1.29, 1.82) is 0 Å². The molecule has 0 aliphatic carbocycles. The zero-order valence-corrected chi connectivity index (χ0v) is 12.1. The van der Waals surface area contributed by atoms with E-state index in [2.05, 4.69) is 49.9 Å². The second-order valence-corrected chi connectivity index (χ2v) is 6.51. The minimum absolute atomic E-state index is 0.872. The van der Waals surface area contributed by atoms with Crippen LogP contribution < -0.4 is 0 Å². The van der Waals surface area contributed by atoms with Gasteiger partial charge < -0.3 is 4.98 Å². The molecule has 0 saturated heterocycles. The van der Waals surface area contributed by atoms with Gasteiger partial charge in [0, 0.05) is 5.38 Å². The molecule has 3 nitrogen and oxygen atoms in total. The van der Waals surface area contributed by atoms with Gasteiger partial charge in [-0.25, -0.2) is 9.97 Å². The molecule has 1 aromatic carbocycles. The van der Waals surface area contributed by atoms with Crippen LogP contribution in [0.25, 0.3) is 11.0 Å². The number of aromatic nitrogens is 3. The molecule has 0 aliphatic rings. The average Bonchev–Trinajstić information content (AvgIpc) is 2.84. The predicted octanol–water partition coefficient (Wildman–Crippen LogP) is 4.24. The summed E-state index contributed by atoms with van der Waals surface area (Å²) in [6, 6.07) is 6.20. The number of aromatic amines is 1. The number of thiazole rings is 1. The number of rotatable bonds is 2. The van der Waals surface area contributed by atoms with E-state index in [-0.39, 0.29) is 0 Å². The Balaban J connectivity index is 1.95. The monoisotopic (exact) mass is 325 g/mol. The highest BCUT2D eigenvalue weighted by atomic mass is 79.9. The van der Waals surface area contributed by atoms with Crippen molar-refractivity contribution in [3.05, 3.63) is 33.7 Å². The SMILES string of the molecule is Cc1ccc2nc(Sc3nc(Br)cs3)[nH]c2c1. The minimum atomic E-state index is 0.872. The van der Waals surface area contributed by atoms with Crippen LogP contribution in [0.5, 0.6) is 0 Å². The summed E-state index contributed by atoms with van der Waals surface area (Å²) in [6.45, 7) is 2.07. The van der Waals surface area contributed by atoms with Crippen molar-refractivity contribution in [2.24, 2.45) is 0 Å². The highest BCUT2D eigenvalue weighted by Crippen LogP contribution is 2.31. The van der Waals surface area contributed by atoms with Gasteiger partial charge in [0.05, 0.1) is 11.0 Å². The second-order valence-electron chi connectivity index (χ2n) is 3.60. The predicted molar refractivity (Wildman–Crippen MR) is 74.8 cm³/mol. The third kappa shape index (κ3) is 2.38. The van der Waals surface area contributed by atoms with E-state index < -0.39 is 0 Å². The Morgan fingerprint density at radius 1 is 1.35 bits per heavy atom. The van der Waals surface area contributed by atoms with Gasteiger partial charge in [-0.2, -0.15) is 0 Å². The Hall–Kier alpha value is -0.850. The summed E-state index contributed by atoms with van der Waals surface area (Å²) in [5.41, 5.74) is 3.30. The van der Waals surface area contributed by atoms with E-state index >= 15 is 0 Å². The second kappa shape index (κ2) is 4.44. The molecule has 17 heavy (non-hydrogen) atoms. The maximum absolute atomic E-state index is 4.52. The smallest absolute Gasteiger partial charge is 0.173 e. The highest BCUT2D eigenvalue weighted by Gasteiger charge is 2.07. The number of benzene rings is 1. The molecule has 0 bridgehead atoms. The van der Waals surface area contributed by atoms with E-state index in [1.54, 1.807) is 23.1 Å². The van der Waals surface area contributed by atoms with Crippen molar-refractivity contribution in [2.45, 2.75) is 16.4 Å². The number of hydrogen-bond donors (Lipinski definition) is 1. The molecule has 0 aliphatic heterocycles. The minimum Gasteiger partial charge on any atom is -0.333 e. The van der Waals surface area contributed by atoms with Crippen molar-refractivity contribution >= 4 is 50.1 Å². The zero-order valence-electron chi connectivity index (χ0n) is 8.90. The number of hydrogen-bond acceptors (Lipinski definition) is 4. The summed E-state index contributed by atoms with van der Waals surface area (Å²) in [6.07, 6.45) is 0. The lowest BCUT2D eigenvalue weighted by molar-refractivity contribution is 1.07. The highest BCUT2D eigenvalue weighted by molar-refractivity contribution is 9.10. The number of fused-ring (bicyclic) bond motifs is 1. The average molecular weight is 326 g/mol. The molecule has 0 fully saturated rings. The van der Waals surface area contributed by atoms with Gasteiger partial charge in [0.25, 0.3) is 0 Å². The number of nitrogens with one attached hydrogen (secondary N) is 1. The molecule has 6 heteroatoms. The Kier molecular flexibility index (Phi) is 2.94. The van der Waals surface area contributed by atoms with Crippen molar-refractivity contribution in [3.8, 4) is 0 Å². The van der Waals surface area contributed by atoms with E-state index in [9.17, 15) is 0 Å². The van der Waals surface area contributed by atoms with Crippen LogP contribution in [0.3, 0.4) is 0 Å². The molecule has 3 aromatic rings. The number of aryl methyl sites for hydroxylation is 1. The standard InChI is InChI=1S/C11H8BrN3S2/c1-6-2-3-7-8(4-6)14-10(13-7)17-11-15-9(12)5-16-11/h2-5H,1H3,(H,13,14). The van der Waals surface area contributed by atoms with Gasteiger partial charge in [-0.1, -0.05) is 6.07 Å². The van der Waals surface area contributed by atoms with Crippen LogP contribution in [0.1, 0.15) is 5.56 Å². The van der Waals surface area contributed by atoms with Gasteiger partial charge in [-0.05, 0) is 52.3 Å². The molecule has 0 unspecified atom stereocenters. The number of imidazole rings is 1. The molecule has 0 radical (unpaired) electrons. The van der Waals surface area contributed by atoms with Gasteiger partial charge >= 0.3 is 0 Å². The summed E-state index contributed by atoms with van der Waals surface area (Å²) in [5.74, 6) is 0. The summed E-state index contributed by atoms with van der Waals surface area (Å²) >= 11 is 6.50. The third-order valence-electron chi connectivity index (χ3n) is 2.25. The molecule has 0 saturated carbocycles. The number of nitrogens with zero attached hydrogens (tertiary/aromatic N) is 2. The first-order valence-corrected chi connectivity index (χ1v) is 7.45. The fourth-order valence-electron chi connectivity index (χ4n) is 1.52. The largest absolute Gasteiger partial charge is 0.333 e. The zero-order chi connectivity index (χ0) is 11.8. The van der Waals surface area contributed by atoms with E-state index in [1.807, 2.05) is 11.4 Å². The first kappa shape index (κ1) is 11.3. The Morgan fingerprint density at radius 3 is 3.00 bits per heavy atom. The number of halogens is 1. The van der Waals surface area contributed by atoms with Crippen molar-refractivity contribution < 1.29 is 0 Å². The molecule has 86 valence electrons. The first-order valence-electron chi connectivity index (χ1n) is 4.96. The Labute approximate surface area is 115 Å². The molecule has 1 N–H and O–H groups in total. The summed E-state index contributed by atoms with van der Waals surface area (Å²) < 4.78 is 1.85. The fourth-order valence-corrected chi connectivity index (χ4v) is 3.80. The Morgan fingerprint density at radius 2 is 2.24 bits per heavy atom. The summed E-state index contributed by atoms with van der Waals surface area (Å²) in [4.78, 5) is 12.1. The van der Waals surface area contributed by atoms with E-state index in [4.69, 9.17) is 0 Å². The van der Waals surface area contributed by atoms with Crippen LogP contribution in [0.4, 0.5) is 0 Å². The fraction of sp³-hybridized carbons (Fsp3) is 0.0909. The summed E-state index contributed by atoms with van der Waals surface area (Å²) in [5, 5.41) is 2.85. The van der Waals surface area contributed by atoms with Gasteiger partial charge in [0.1, 0.15) is 4.60 Å². The normalized spacial score (nSPS) is 11.2. The van der Waals surface area contributed by atoms with Crippen LogP contribution in [-0.2, 0) is 0 Å². The molecular formula is C11H8BrN3S2. The van der Waals surface area contributed by atoms with Gasteiger partial charge in [0.15, 0.2) is 9.50 Å². The van der Waals surface area contributed by atoms with Crippen LogP contribution in [0.2, 0.25) is 0 Å². The number of H-pyrrole nitrogens is 1. The van der Waals surface area contributed by atoms with E-state index in [0.717, 1.165) is 25.1 Å². The van der Waals surface area contributed by atoms with Gasteiger partial charge in [-0.3, -0.25) is 0 Å². The molecular weight excluding hydrogens is 318 g/mol. The van der Waals surface area contributed by atoms with Crippen molar-refractivity contribution in [1.82, 2.24) is 15.0 Å². The van der Waals surface area contributed by atoms with Crippen molar-refractivity contribution in [3.63, 3.8) is 0 Å². The quantitative estimate of drug-likeness (QED) is 0.766. The lowest BCUT2D eigenvalue weighted by atomic mass is 10.2. The van der Waals surface area contributed by atoms with E-state index in [1.165, 1.54) is 5.56 Å². The summed E-state index contributed by atoms with van der Waals surface area (Å²) in [7, 11) is 0. The van der Waals surface area contributed by atoms with Crippen LogP contribution in [0, 0.1) is 6.92 Å². The van der Waals surface area contributed by atoms with Crippen LogP contribution in [-0.4, -0.2) is 15.0 Å². The molecule has 0 amide bonds. The Bertz CT molecular complexity index is 674. The van der Waals surface area contributed by atoms with Crippen molar-refractivity contribution in [2.75, 3.05) is 0 Å². The lowest BCUT2D eigenvalue weighted by Crippen LogP contribution is -1.73. The third-order valence-corrected chi connectivity index (χ3v) is 4.79. The molecule has 3 rings (SSSR count).